The summed E-state index contributed by atoms with van der Waals surface area (Å²) in [5, 5.41) is 0. The first-order valence-electron chi connectivity index (χ1n) is 7.57. The summed E-state index contributed by atoms with van der Waals surface area (Å²) in [5.41, 5.74) is -0.0494. The van der Waals surface area contributed by atoms with Gasteiger partial charge in [-0.2, -0.15) is 0 Å². The SMILES string of the molecule is CS(=O)(=O)CCCC(=O)C12CC3CC(CC(C3)C1)C2. The van der Waals surface area contributed by atoms with Gasteiger partial charge in [-0.3, -0.25) is 4.79 Å². The molecule has 0 spiro atoms. The molecule has 0 N–H and O–H groups in total. The van der Waals surface area contributed by atoms with E-state index >= 15 is 0 Å². The molecule has 0 aromatic heterocycles. The average Bonchev–Trinajstić information content (AvgIpc) is 2.25. The van der Waals surface area contributed by atoms with Crippen molar-refractivity contribution in [3.05, 3.63) is 0 Å². The molecule has 4 aliphatic carbocycles. The Labute approximate surface area is 116 Å². The third-order valence-corrected chi connectivity index (χ3v) is 6.58. The Hall–Kier alpha value is -0.380. The van der Waals surface area contributed by atoms with Crippen LogP contribution >= 0.6 is 0 Å². The van der Waals surface area contributed by atoms with Crippen LogP contribution in [0.25, 0.3) is 0 Å². The van der Waals surface area contributed by atoms with Crippen molar-refractivity contribution in [3.8, 4) is 0 Å². The van der Waals surface area contributed by atoms with Crippen LogP contribution in [0.2, 0.25) is 0 Å². The van der Waals surface area contributed by atoms with Gasteiger partial charge >= 0.3 is 0 Å². The van der Waals surface area contributed by atoms with Crippen LogP contribution in [-0.4, -0.2) is 26.2 Å². The van der Waals surface area contributed by atoms with E-state index in [1.807, 2.05) is 0 Å². The van der Waals surface area contributed by atoms with Crippen molar-refractivity contribution >= 4 is 15.6 Å². The van der Waals surface area contributed by atoms with E-state index in [-0.39, 0.29) is 11.2 Å². The molecule has 4 heteroatoms. The number of carbonyl (C=O) groups excluding carboxylic acids is 1. The largest absolute Gasteiger partial charge is 0.299 e. The van der Waals surface area contributed by atoms with E-state index in [4.69, 9.17) is 0 Å². The van der Waals surface area contributed by atoms with Gasteiger partial charge in [-0.1, -0.05) is 0 Å². The predicted molar refractivity (Wildman–Crippen MR) is 74.6 cm³/mol. The minimum atomic E-state index is -2.93. The molecule has 0 aliphatic heterocycles. The lowest BCUT2D eigenvalue weighted by Crippen LogP contribution is -2.50. The summed E-state index contributed by atoms with van der Waals surface area (Å²) < 4.78 is 22.3. The fraction of sp³-hybridized carbons (Fsp3) is 0.933. The Morgan fingerprint density at radius 1 is 1.05 bits per heavy atom. The van der Waals surface area contributed by atoms with Gasteiger partial charge in [0.1, 0.15) is 15.6 Å². The minimum absolute atomic E-state index is 0.0494. The molecule has 19 heavy (non-hydrogen) atoms. The first-order valence-corrected chi connectivity index (χ1v) is 9.63. The molecule has 108 valence electrons. The number of Topliss-reactive ketones (excluding diaryl/α,β-unsaturated/α-hetero) is 1. The highest BCUT2D eigenvalue weighted by molar-refractivity contribution is 7.90. The smallest absolute Gasteiger partial charge is 0.147 e. The number of sulfone groups is 1. The molecule has 4 aliphatic rings. The van der Waals surface area contributed by atoms with Gasteiger partial charge < -0.3 is 0 Å². The Bertz CT molecular complexity index is 442. The Morgan fingerprint density at radius 3 is 1.95 bits per heavy atom. The van der Waals surface area contributed by atoms with Crippen molar-refractivity contribution in [2.24, 2.45) is 23.2 Å². The minimum Gasteiger partial charge on any atom is -0.299 e. The molecule has 0 saturated heterocycles. The molecule has 0 radical (unpaired) electrons. The third-order valence-electron chi connectivity index (χ3n) is 5.55. The molecule has 4 fully saturated rings. The van der Waals surface area contributed by atoms with Crippen molar-refractivity contribution in [1.82, 2.24) is 0 Å². The fourth-order valence-corrected chi connectivity index (χ4v) is 5.88. The van der Waals surface area contributed by atoms with Crippen LogP contribution < -0.4 is 0 Å². The highest BCUT2D eigenvalue weighted by Gasteiger charge is 2.53. The summed E-state index contributed by atoms with van der Waals surface area (Å²) >= 11 is 0. The lowest BCUT2D eigenvalue weighted by atomic mass is 9.48. The van der Waals surface area contributed by atoms with Crippen molar-refractivity contribution < 1.29 is 13.2 Å². The van der Waals surface area contributed by atoms with Gasteiger partial charge in [-0.05, 0) is 62.7 Å². The Kier molecular flexibility index (Phi) is 3.27. The highest BCUT2D eigenvalue weighted by atomic mass is 32.2. The van der Waals surface area contributed by atoms with Gasteiger partial charge in [0.15, 0.2) is 0 Å². The van der Waals surface area contributed by atoms with Crippen LogP contribution in [0.5, 0.6) is 0 Å². The summed E-state index contributed by atoms with van der Waals surface area (Å²) in [7, 11) is -2.93. The van der Waals surface area contributed by atoms with E-state index in [0.717, 1.165) is 37.0 Å². The highest BCUT2D eigenvalue weighted by Crippen LogP contribution is 2.60. The second kappa shape index (κ2) is 4.57. The molecular weight excluding hydrogens is 260 g/mol. The summed E-state index contributed by atoms with van der Waals surface area (Å²) in [4.78, 5) is 12.6. The monoisotopic (exact) mass is 284 g/mol. The van der Waals surface area contributed by atoms with Crippen LogP contribution in [-0.2, 0) is 14.6 Å². The van der Waals surface area contributed by atoms with Gasteiger partial charge in [0.05, 0.1) is 5.75 Å². The number of hydrogen-bond donors (Lipinski definition) is 0. The van der Waals surface area contributed by atoms with Gasteiger partial charge in [-0.25, -0.2) is 8.42 Å². The van der Waals surface area contributed by atoms with E-state index in [0.29, 0.717) is 18.6 Å². The number of ketones is 1. The first kappa shape index (κ1) is 13.6. The summed E-state index contributed by atoms with van der Waals surface area (Å²) in [5.74, 6) is 2.88. The molecule has 0 unspecified atom stereocenters. The van der Waals surface area contributed by atoms with Crippen molar-refractivity contribution in [2.45, 2.75) is 51.4 Å². The van der Waals surface area contributed by atoms with Gasteiger partial charge in [0, 0.05) is 18.1 Å². The zero-order chi connectivity index (χ0) is 13.7. The van der Waals surface area contributed by atoms with Crippen LogP contribution in [0, 0.1) is 23.2 Å². The lowest BCUT2D eigenvalue weighted by Gasteiger charge is -2.56. The van der Waals surface area contributed by atoms with Crippen LogP contribution in [0.3, 0.4) is 0 Å². The van der Waals surface area contributed by atoms with E-state index in [1.165, 1.54) is 25.5 Å². The number of rotatable bonds is 5. The lowest BCUT2D eigenvalue weighted by molar-refractivity contribution is -0.143. The molecular formula is C15H24O3S. The maximum Gasteiger partial charge on any atom is 0.147 e. The second-order valence-corrected chi connectivity index (χ2v) is 9.61. The third kappa shape index (κ3) is 2.74. The number of carbonyl (C=O) groups is 1. The van der Waals surface area contributed by atoms with Crippen LogP contribution in [0.4, 0.5) is 0 Å². The van der Waals surface area contributed by atoms with Crippen molar-refractivity contribution in [3.63, 3.8) is 0 Å². The molecule has 0 heterocycles. The predicted octanol–water partition coefficient (Wildman–Crippen LogP) is 2.60. The summed E-state index contributed by atoms with van der Waals surface area (Å²) in [6.07, 6.45) is 9.55. The van der Waals surface area contributed by atoms with Crippen molar-refractivity contribution in [2.75, 3.05) is 12.0 Å². The van der Waals surface area contributed by atoms with Crippen molar-refractivity contribution in [1.29, 1.82) is 0 Å². The van der Waals surface area contributed by atoms with E-state index in [1.54, 1.807) is 0 Å². The fourth-order valence-electron chi connectivity index (χ4n) is 5.21. The molecule has 0 atom stereocenters. The first-order chi connectivity index (χ1) is 8.86. The van der Waals surface area contributed by atoms with Crippen LogP contribution in [0.15, 0.2) is 0 Å². The normalized spacial score (nSPS) is 40.6. The summed E-state index contributed by atoms with van der Waals surface area (Å²) in [6, 6.07) is 0. The topological polar surface area (TPSA) is 51.2 Å². The second-order valence-electron chi connectivity index (χ2n) is 7.35. The quantitative estimate of drug-likeness (QED) is 0.779. The molecule has 4 rings (SSSR count). The maximum absolute atomic E-state index is 12.6. The van der Waals surface area contributed by atoms with Crippen LogP contribution in [0.1, 0.15) is 51.4 Å². The van der Waals surface area contributed by atoms with E-state index < -0.39 is 9.84 Å². The van der Waals surface area contributed by atoms with E-state index in [2.05, 4.69) is 0 Å². The molecule has 0 aromatic carbocycles. The van der Waals surface area contributed by atoms with Gasteiger partial charge in [0.2, 0.25) is 0 Å². The zero-order valence-electron chi connectivity index (χ0n) is 11.7. The maximum atomic E-state index is 12.6. The molecule has 0 aromatic rings. The Balaban J connectivity index is 1.63. The molecule has 3 nitrogen and oxygen atoms in total. The van der Waals surface area contributed by atoms with Gasteiger partial charge in [0.25, 0.3) is 0 Å². The molecule has 0 amide bonds. The summed E-state index contributed by atoms with van der Waals surface area (Å²) in [6.45, 7) is 0. The number of hydrogen-bond acceptors (Lipinski definition) is 3. The molecule has 4 bridgehead atoms. The standard InChI is InChI=1S/C15H24O3S/c1-19(17,18)4-2-3-14(16)15-8-11-5-12(9-15)7-13(6-11)10-15/h11-13H,2-10H2,1H3. The molecule has 4 saturated carbocycles. The Morgan fingerprint density at radius 2 is 1.53 bits per heavy atom. The van der Waals surface area contributed by atoms with Gasteiger partial charge in [-0.15, -0.1) is 0 Å². The van der Waals surface area contributed by atoms with E-state index in [9.17, 15) is 13.2 Å². The zero-order valence-corrected chi connectivity index (χ0v) is 12.5. The average molecular weight is 284 g/mol.